The number of H-pyrrole nitrogens is 1. The van der Waals surface area contributed by atoms with Gasteiger partial charge < -0.3 is 21.4 Å². The maximum absolute atomic E-state index is 12.4. The number of rotatable bonds is 7. The smallest absolute Gasteiger partial charge is 0.255 e. The number of nitrogens with one attached hydrogen (secondary N) is 3. The van der Waals surface area contributed by atoms with E-state index in [1.807, 2.05) is 54.7 Å². The van der Waals surface area contributed by atoms with Crippen LogP contribution in [-0.2, 0) is 11.2 Å². The van der Waals surface area contributed by atoms with Crippen molar-refractivity contribution in [2.24, 2.45) is 0 Å². The fourth-order valence-electron chi connectivity index (χ4n) is 3.41. The van der Waals surface area contributed by atoms with E-state index in [1.54, 1.807) is 36.4 Å². The minimum Gasteiger partial charge on any atom is -0.397 e. The van der Waals surface area contributed by atoms with Gasteiger partial charge in [0.15, 0.2) is 0 Å². The van der Waals surface area contributed by atoms with Crippen molar-refractivity contribution < 1.29 is 9.59 Å². The van der Waals surface area contributed by atoms with Gasteiger partial charge in [0, 0.05) is 35.3 Å². The number of anilines is 2. The Kier molecular flexibility index (Phi) is 6.32. The molecule has 0 saturated carbocycles. The Labute approximate surface area is 186 Å². The molecule has 5 N–H and O–H groups in total. The lowest BCUT2D eigenvalue weighted by Gasteiger charge is -2.08. The fourth-order valence-corrected chi connectivity index (χ4v) is 3.41. The predicted octanol–water partition coefficient (Wildman–Crippen LogP) is 4.37. The SMILES string of the molecule is Nc1ccccc1NC(=O)c1ccc(CCNC(=O)/C=C/c2c[nH]c3ccccc23)cc1. The van der Waals surface area contributed by atoms with E-state index < -0.39 is 0 Å². The lowest BCUT2D eigenvalue weighted by atomic mass is 10.1. The van der Waals surface area contributed by atoms with Gasteiger partial charge in [-0.2, -0.15) is 0 Å². The van der Waals surface area contributed by atoms with Gasteiger partial charge in [-0.25, -0.2) is 0 Å². The van der Waals surface area contributed by atoms with Crippen molar-refractivity contribution >= 4 is 40.2 Å². The number of carbonyl (C=O) groups is 2. The van der Waals surface area contributed by atoms with Gasteiger partial charge in [-0.3, -0.25) is 9.59 Å². The van der Waals surface area contributed by atoms with Gasteiger partial charge >= 0.3 is 0 Å². The predicted molar refractivity (Wildman–Crippen MR) is 129 cm³/mol. The number of hydrogen-bond acceptors (Lipinski definition) is 3. The number of nitrogens with two attached hydrogens (primary N) is 1. The maximum atomic E-state index is 12.4. The first kappa shape index (κ1) is 20.9. The summed E-state index contributed by atoms with van der Waals surface area (Å²) in [6, 6.07) is 22.4. The number of para-hydroxylation sites is 3. The Bertz CT molecular complexity index is 1270. The first-order valence-corrected chi connectivity index (χ1v) is 10.4. The van der Waals surface area contributed by atoms with Crippen LogP contribution in [0.15, 0.2) is 85.1 Å². The molecule has 160 valence electrons. The third-order valence-electron chi connectivity index (χ3n) is 5.17. The summed E-state index contributed by atoms with van der Waals surface area (Å²) in [5, 5.41) is 6.78. The summed E-state index contributed by atoms with van der Waals surface area (Å²) in [4.78, 5) is 27.7. The first-order chi connectivity index (χ1) is 15.6. The molecule has 0 radical (unpaired) electrons. The highest BCUT2D eigenvalue weighted by molar-refractivity contribution is 6.05. The molecular weight excluding hydrogens is 400 g/mol. The Balaban J connectivity index is 1.26. The fraction of sp³-hybridized carbons (Fsp3) is 0.0769. The topological polar surface area (TPSA) is 100 Å². The van der Waals surface area contributed by atoms with Crippen LogP contribution in [0.4, 0.5) is 11.4 Å². The zero-order valence-electron chi connectivity index (χ0n) is 17.5. The van der Waals surface area contributed by atoms with E-state index in [0.717, 1.165) is 22.0 Å². The average molecular weight is 425 g/mol. The van der Waals surface area contributed by atoms with Gasteiger partial charge in [0.1, 0.15) is 0 Å². The number of hydrogen-bond donors (Lipinski definition) is 4. The number of aromatic amines is 1. The molecule has 1 aromatic heterocycles. The summed E-state index contributed by atoms with van der Waals surface area (Å²) >= 11 is 0. The summed E-state index contributed by atoms with van der Waals surface area (Å²) in [7, 11) is 0. The van der Waals surface area contributed by atoms with Gasteiger partial charge in [-0.15, -0.1) is 0 Å². The average Bonchev–Trinajstić information content (AvgIpc) is 3.23. The van der Waals surface area contributed by atoms with Gasteiger partial charge in [0.2, 0.25) is 5.91 Å². The molecule has 4 aromatic rings. The third kappa shape index (κ3) is 5.05. The van der Waals surface area contributed by atoms with Gasteiger partial charge in [-0.05, 0) is 54.0 Å². The Hall–Kier alpha value is -4.32. The highest BCUT2D eigenvalue weighted by Gasteiger charge is 2.08. The maximum Gasteiger partial charge on any atom is 0.255 e. The highest BCUT2D eigenvalue weighted by Crippen LogP contribution is 2.19. The van der Waals surface area contributed by atoms with Crippen LogP contribution < -0.4 is 16.4 Å². The standard InChI is InChI=1S/C26H24N4O2/c27-22-6-2-4-8-24(22)30-26(32)19-11-9-18(10-12-19)15-16-28-25(31)14-13-20-17-29-23-7-3-1-5-21(20)23/h1-14,17,29H,15-16,27H2,(H,28,31)(H,30,32)/b14-13+. The van der Waals surface area contributed by atoms with E-state index in [4.69, 9.17) is 5.73 Å². The molecule has 0 saturated heterocycles. The zero-order valence-corrected chi connectivity index (χ0v) is 17.5. The summed E-state index contributed by atoms with van der Waals surface area (Å²) in [5.41, 5.74) is 10.6. The molecule has 0 aliphatic rings. The van der Waals surface area contributed by atoms with E-state index in [9.17, 15) is 9.59 Å². The van der Waals surface area contributed by atoms with Crippen molar-refractivity contribution in [1.82, 2.24) is 10.3 Å². The summed E-state index contributed by atoms with van der Waals surface area (Å²) in [5.74, 6) is -0.364. The quantitative estimate of drug-likeness (QED) is 0.262. The molecule has 4 rings (SSSR count). The zero-order chi connectivity index (χ0) is 22.3. The molecule has 32 heavy (non-hydrogen) atoms. The lowest BCUT2D eigenvalue weighted by molar-refractivity contribution is -0.116. The van der Waals surface area contributed by atoms with Gasteiger partial charge in [-0.1, -0.05) is 42.5 Å². The Morgan fingerprint density at radius 1 is 0.938 bits per heavy atom. The molecule has 0 aliphatic heterocycles. The van der Waals surface area contributed by atoms with Crippen LogP contribution >= 0.6 is 0 Å². The molecule has 0 bridgehead atoms. The van der Waals surface area contributed by atoms with Crippen molar-refractivity contribution in [1.29, 1.82) is 0 Å². The van der Waals surface area contributed by atoms with Crippen LogP contribution in [0, 0.1) is 0 Å². The molecule has 6 nitrogen and oxygen atoms in total. The van der Waals surface area contributed by atoms with E-state index in [1.165, 1.54) is 0 Å². The van der Waals surface area contributed by atoms with E-state index in [0.29, 0.717) is 29.9 Å². The van der Waals surface area contributed by atoms with Crippen LogP contribution in [0.25, 0.3) is 17.0 Å². The highest BCUT2D eigenvalue weighted by atomic mass is 16.2. The largest absolute Gasteiger partial charge is 0.397 e. The summed E-state index contributed by atoms with van der Waals surface area (Å²) in [6.45, 7) is 0.503. The van der Waals surface area contributed by atoms with Crippen LogP contribution in [0.5, 0.6) is 0 Å². The van der Waals surface area contributed by atoms with E-state index in [-0.39, 0.29) is 11.8 Å². The molecule has 2 amide bonds. The van der Waals surface area contributed by atoms with Crippen molar-refractivity contribution in [3.05, 3.63) is 102 Å². The Morgan fingerprint density at radius 3 is 2.50 bits per heavy atom. The first-order valence-electron chi connectivity index (χ1n) is 10.4. The summed E-state index contributed by atoms with van der Waals surface area (Å²) in [6.07, 6.45) is 5.90. The van der Waals surface area contributed by atoms with Crippen LogP contribution in [-0.4, -0.2) is 23.3 Å². The van der Waals surface area contributed by atoms with Gasteiger partial charge in [0.05, 0.1) is 11.4 Å². The van der Waals surface area contributed by atoms with Crippen molar-refractivity contribution in [3.8, 4) is 0 Å². The summed E-state index contributed by atoms with van der Waals surface area (Å²) < 4.78 is 0. The van der Waals surface area contributed by atoms with Crippen molar-refractivity contribution in [3.63, 3.8) is 0 Å². The number of benzene rings is 3. The minimum atomic E-state index is -0.217. The number of amides is 2. The van der Waals surface area contributed by atoms with Crippen LogP contribution in [0.2, 0.25) is 0 Å². The monoisotopic (exact) mass is 424 g/mol. The van der Waals surface area contributed by atoms with Crippen LogP contribution in [0.1, 0.15) is 21.5 Å². The van der Waals surface area contributed by atoms with E-state index >= 15 is 0 Å². The second-order valence-electron chi connectivity index (χ2n) is 7.40. The molecular formula is C26H24N4O2. The molecule has 0 aliphatic carbocycles. The number of aromatic nitrogens is 1. The minimum absolute atomic E-state index is 0.147. The Morgan fingerprint density at radius 2 is 1.69 bits per heavy atom. The molecule has 0 atom stereocenters. The molecule has 1 heterocycles. The lowest BCUT2D eigenvalue weighted by Crippen LogP contribution is -2.23. The molecule has 0 spiro atoms. The van der Waals surface area contributed by atoms with Crippen molar-refractivity contribution in [2.75, 3.05) is 17.6 Å². The van der Waals surface area contributed by atoms with Gasteiger partial charge in [0.25, 0.3) is 5.91 Å². The molecule has 6 heteroatoms. The van der Waals surface area contributed by atoms with Crippen molar-refractivity contribution in [2.45, 2.75) is 6.42 Å². The number of carbonyl (C=O) groups excluding carboxylic acids is 2. The molecule has 0 fully saturated rings. The van der Waals surface area contributed by atoms with E-state index in [2.05, 4.69) is 15.6 Å². The second-order valence-corrected chi connectivity index (χ2v) is 7.40. The second kappa shape index (κ2) is 9.66. The number of nitrogen functional groups attached to an aromatic ring is 1. The molecule has 3 aromatic carbocycles. The number of fused-ring (bicyclic) bond motifs is 1. The normalized spacial score (nSPS) is 11.0. The third-order valence-corrected chi connectivity index (χ3v) is 5.17. The molecule has 0 unspecified atom stereocenters. The van der Waals surface area contributed by atoms with Crippen LogP contribution in [0.3, 0.4) is 0 Å².